The summed E-state index contributed by atoms with van der Waals surface area (Å²) in [6, 6.07) is 3.87. The summed E-state index contributed by atoms with van der Waals surface area (Å²) in [4.78, 5) is 23.2. The quantitative estimate of drug-likeness (QED) is 0.682. The van der Waals surface area contributed by atoms with Gasteiger partial charge >= 0.3 is 5.97 Å². The Kier molecular flexibility index (Phi) is 7.76. The molecule has 0 spiro atoms. The van der Waals surface area contributed by atoms with E-state index in [1.54, 1.807) is 6.92 Å². The minimum Gasteiger partial charge on any atom is -0.469 e. The lowest BCUT2D eigenvalue weighted by atomic mass is 10.2. The molecular formula is C14H17Br2NO3S. The van der Waals surface area contributed by atoms with Crippen LogP contribution in [0.4, 0.5) is 5.69 Å². The molecule has 1 aromatic rings. The van der Waals surface area contributed by atoms with E-state index in [9.17, 15) is 9.59 Å². The Morgan fingerprint density at radius 2 is 1.90 bits per heavy atom. The smallest absolute Gasteiger partial charge is 0.309 e. The summed E-state index contributed by atoms with van der Waals surface area (Å²) in [6.07, 6.45) is 0. The van der Waals surface area contributed by atoms with Gasteiger partial charge in [-0.1, -0.05) is 6.92 Å². The molecule has 0 saturated heterocycles. The van der Waals surface area contributed by atoms with Crippen molar-refractivity contribution in [3.63, 3.8) is 0 Å². The molecule has 7 heteroatoms. The van der Waals surface area contributed by atoms with Crippen LogP contribution in [0.2, 0.25) is 0 Å². The molecule has 1 N–H and O–H groups in total. The number of benzene rings is 1. The molecule has 0 aliphatic carbocycles. The highest BCUT2D eigenvalue weighted by molar-refractivity contribution is 9.11. The van der Waals surface area contributed by atoms with Crippen molar-refractivity contribution in [1.29, 1.82) is 0 Å². The summed E-state index contributed by atoms with van der Waals surface area (Å²) < 4.78 is 6.30. The summed E-state index contributed by atoms with van der Waals surface area (Å²) in [5, 5.41) is 2.85. The Bertz CT molecular complexity index is 514. The molecule has 4 nitrogen and oxygen atoms in total. The molecule has 0 saturated carbocycles. The van der Waals surface area contributed by atoms with E-state index in [4.69, 9.17) is 0 Å². The van der Waals surface area contributed by atoms with E-state index in [0.29, 0.717) is 11.4 Å². The Morgan fingerprint density at radius 1 is 1.33 bits per heavy atom. The number of halogens is 2. The molecule has 0 heterocycles. The molecule has 0 bridgehead atoms. The highest BCUT2D eigenvalue weighted by Crippen LogP contribution is 2.32. The Balaban J connectivity index is 2.50. The standard InChI is InChI=1S/C14H17Br2NO3S/c1-8-4-10(15)13(11(16)5-8)17-12(18)7-21-6-9(2)14(19)20-3/h4-5,9H,6-7H2,1-3H3,(H,17,18). The fourth-order valence-electron chi connectivity index (χ4n) is 1.59. The van der Waals surface area contributed by atoms with Crippen LogP contribution in [0.5, 0.6) is 0 Å². The first-order valence-electron chi connectivity index (χ1n) is 6.26. The van der Waals surface area contributed by atoms with Gasteiger partial charge in [-0.2, -0.15) is 11.8 Å². The zero-order valence-electron chi connectivity index (χ0n) is 12.0. The molecule has 1 aromatic carbocycles. The Labute approximate surface area is 145 Å². The number of hydrogen-bond donors (Lipinski definition) is 1. The van der Waals surface area contributed by atoms with Crippen LogP contribution in [0, 0.1) is 12.8 Å². The number of methoxy groups -OCH3 is 1. The fourth-order valence-corrected chi connectivity index (χ4v) is 4.07. The fraction of sp³-hybridized carbons (Fsp3) is 0.429. The first-order chi connectivity index (χ1) is 9.85. The number of hydrogen-bond acceptors (Lipinski definition) is 4. The van der Waals surface area contributed by atoms with Gasteiger partial charge in [0.15, 0.2) is 0 Å². The number of amides is 1. The third kappa shape index (κ3) is 6.00. The van der Waals surface area contributed by atoms with Crippen LogP contribution in [-0.2, 0) is 14.3 Å². The lowest BCUT2D eigenvalue weighted by Gasteiger charge is -2.11. The average molecular weight is 439 g/mol. The van der Waals surface area contributed by atoms with Crippen molar-refractivity contribution in [2.75, 3.05) is 23.9 Å². The van der Waals surface area contributed by atoms with Gasteiger partial charge in [-0.15, -0.1) is 0 Å². The number of ether oxygens (including phenoxy) is 1. The van der Waals surface area contributed by atoms with Crippen LogP contribution in [0.25, 0.3) is 0 Å². The van der Waals surface area contributed by atoms with Crippen molar-refractivity contribution >= 4 is 61.2 Å². The van der Waals surface area contributed by atoms with Gasteiger partial charge in [0.25, 0.3) is 0 Å². The SMILES string of the molecule is COC(=O)C(C)CSCC(=O)Nc1c(Br)cc(C)cc1Br. The van der Waals surface area contributed by atoms with E-state index in [-0.39, 0.29) is 23.5 Å². The van der Waals surface area contributed by atoms with E-state index < -0.39 is 0 Å². The molecule has 0 aliphatic rings. The summed E-state index contributed by atoms with van der Waals surface area (Å²) in [5.74, 6) is 0.254. The van der Waals surface area contributed by atoms with Crippen molar-refractivity contribution in [2.24, 2.45) is 5.92 Å². The third-order valence-electron chi connectivity index (χ3n) is 2.66. The molecule has 0 aliphatic heterocycles. The monoisotopic (exact) mass is 437 g/mol. The van der Waals surface area contributed by atoms with E-state index in [0.717, 1.165) is 14.5 Å². The Hall–Kier alpha value is -0.530. The van der Waals surface area contributed by atoms with Gasteiger partial charge in [0, 0.05) is 14.7 Å². The zero-order valence-corrected chi connectivity index (χ0v) is 16.0. The van der Waals surface area contributed by atoms with Crippen LogP contribution >= 0.6 is 43.6 Å². The van der Waals surface area contributed by atoms with Gasteiger partial charge in [-0.05, 0) is 56.5 Å². The lowest BCUT2D eigenvalue weighted by Crippen LogP contribution is -2.18. The summed E-state index contributed by atoms with van der Waals surface area (Å²) in [6.45, 7) is 3.76. The maximum atomic E-state index is 11.9. The summed E-state index contributed by atoms with van der Waals surface area (Å²) in [5.41, 5.74) is 1.81. The van der Waals surface area contributed by atoms with Crippen molar-refractivity contribution in [3.8, 4) is 0 Å². The predicted molar refractivity (Wildman–Crippen MR) is 93.7 cm³/mol. The van der Waals surface area contributed by atoms with E-state index >= 15 is 0 Å². The second-order valence-corrected chi connectivity index (χ2v) is 7.33. The molecule has 116 valence electrons. The number of aryl methyl sites for hydroxylation is 1. The maximum absolute atomic E-state index is 11.9. The summed E-state index contributed by atoms with van der Waals surface area (Å²) in [7, 11) is 1.36. The van der Waals surface area contributed by atoms with Crippen LogP contribution in [0.1, 0.15) is 12.5 Å². The van der Waals surface area contributed by atoms with Gasteiger partial charge in [-0.3, -0.25) is 9.59 Å². The molecule has 1 rings (SSSR count). The number of anilines is 1. The molecule has 1 amide bonds. The highest BCUT2D eigenvalue weighted by Gasteiger charge is 2.15. The van der Waals surface area contributed by atoms with Crippen molar-refractivity contribution < 1.29 is 14.3 Å². The number of carbonyl (C=O) groups excluding carboxylic acids is 2. The highest BCUT2D eigenvalue weighted by atomic mass is 79.9. The number of esters is 1. The summed E-state index contributed by atoms with van der Waals surface area (Å²) >= 11 is 8.27. The topological polar surface area (TPSA) is 55.4 Å². The third-order valence-corrected chi connectivity index (χ3v) is 5.11. The van der Waals surface area contributed by atoms with E-state index in [1.165, 1.54) is 18.9 Å². The van der Waals surface area contributed by atoms with Gasteiger partial charge in [-0.25, -0.2) is 0 Å². The molecular weight excluding hydrogens is 422 g/mol. The molecule has 21 heavy (non-hydrogen) atoms. The lowest BCUT2D eigenvalue weighted by molar-refractivity contribution is -0.144. The molecule has 1 unspecified atom stereocenters. The molecule has 1 atom stereocenters. The first kappa shape index (κ1) is 18.5. The predicted octanol–water partition coefficient (Wildman–Crippen LogP) is 4.00. The number of carbonyl (C=O) groups is 2. The largest absolute Gasteiger partial charge is 0.469 e. The van der Waals surface area contributed by atoms with E-state index in [1.807, 2.05) is 19.1 Å². The van der Waals surface area contributed by atoms with Gasteiger partial charge in [0.05, 0.1) is 24.5 Å². The Morgan fingerprint density at radius 3 is 2.43 bits per heavy atom. The van der Waals surface area contributed by atoms with Gasteiger partial charge in [0.1, 0.15) is 0 Å². The van der Waals surface area contributed by atoms with E-state index in [2.05, 4.69) is 41.9 Å². The van der Waals surface area contributed by atoms with Crippen LogP contribution in [0.15, 0.2) is 21.1 Å². The number of rotatable bonds is 6. The van der Waals surface area contributed by atoms with Crippen molar-refractivity contribution in [3.05, 3.63) is 26.6 Å². The van der Waals surface area contributed by atoms with Crippen molar-refractivity contribution in [2.45, 2.75) is 13.8 Å². The molecule has 0 radical (unpaired) electrons. The number of thioether (sulfide) groups is 1. The van der Waals surface area contributed by atoms with Gasteiger partial charge in [0.2, 0.25) is 5.91 Å². The van der Waals surface area contributed by atoms with Crippen molar-refractivity contribution in [1.82, 2.24) is 0 Å². The minimum atomic E-state index is -0.257. The minimum absolute atomic E-state index is 0.109. The molecule has 0 fully saturated rings. The second-order valence-electron chi connectivity index (χ2n) is 4.59. The van der Waals surface area contributed by atoms with Gasteiger partial charge < -0.3 is 10.1 Å². The first-order valence-corrected chi connectivity index (χ1v) is 9.00. The number of nitrogens with one attached hydrogen (secondary N) is 1. The molecule has 0 aromatic heterocycles. The van der Waals surface area contributed by atoms with Crippen LogP contribution < -0.4 is 5.32 Å². The average Bonchev–Trinajstić information content (AvgIpc) is 2.41. The van der Waals surface area contributed by atoms with Crippen LogP contribution in [0.3, 0.4) is 0 Å². The normalized spacial score (nSPS) is 11.9. The van der Waals surface area contributed by atoms with Crippen LogP contribution in [-0.4, -0.2) is 30.5 Å². The zero-order chi connectivity index (χ0) is 16.0. The second kappa shape index (κ2) is 8.80. The maximum Gasteiger partial charge on any atom is 0.309 e.